The molecule has 6 nitrogen and oxygen atoms in total. The van der Waals surface area contributed by atoms with Gasteiger partial charge in [0.05, 0.1) is 5.02 Å². The van der Waals surface area contributed by atoms with Gasteiger partial charge in [-0.2, -0.15) is 5.10 Å². The van der Waals surface area contributed by atoms with Crippen molar-refractivity contribution in [2.24, 2.45) is 0 Å². The molecule has 1 amide bonds. The molecule has 0 saturated heterocycles. The van der Waals surface area contributed by atoms with Crippen molar-refractivity contribution in [3.05, 3.63) is 45.7 Å². The summed E-state index contributed by atoms with van der Waals surface area (Å²) in [6.07, 6.45) is 2.34. The molecule has 0 unspecified atom stereocenters. The van der Waals surface area contributed by atoms with Crippen LogP contribution >= 0.6 is 39.1 Å². The van der Waals surface area contributed by atoms with Gasteiger partial charge in [0, 0.05) is 23.6 Å². The summed E-state index contributed by atoms with van der Waals surface area (Å²) in [4.78, 5) is 22.5. The van der Waals surface area contributed by atoms with Gasteiger partial charge in [0.1, 0.15) is 11.4 Å². The fourth-order valence-electron chi connectivity index (χ4n) is 1.80. The minimum Gasteiger partial charge on any atom is -0.470 e. The first-order valence-electron chi connectivity index (χ1n) is 7.03. The molecule has 1 N–H and O–H groups in total. The summed E-state index contributed by atoms with van der Waals surface area (Å²) in [5.74, 6) is 0.199. The van der Waals surface area contributed by atoms with Crippen LogP contribution in [0, 0.1) is 0 Å². The lowest BCUT2D eigenvalue weighted by Crippen LogP contribution is -2.25. The first-order chi connectivity index (χ1) is 11.5. The van der Waals surface area contributed by atoms with Gasteiger partial charge in [-0.1, -0.05) is 27.5 Å². The van der Waals surface area contributed by atoms with Crippen LogP contribution < -0.4 is 10.1 Å². The van der Waals surface area contributed by atoms with Gasteiger partial charge in [0.25, 0.3) is 5.91 Å². The topological polar surface area (TPSA) is 73.2 Å². The third-order valence-corrected chi connectivity index (χ3v) is 3.93. The molecule has 2 rings (SSSR count). The predicted octanol–water partition coefficient (Wildman–Crippen LogP) is 3.61. The molecule has 0 spiro atoms. The van der Waals surface area contributed by atoms with E-state index in [0.29, 0.717) is 23.7 Å². The van der Waals surface area contributed by atoms with Crippen LogP contribution in [0.4, 0.5) is 0 Å². The highest BCUT2D eigenvalue weighted by Gasteiger charge is 2.10. The Morgan fingerprint density at radius 1 is 1.33 bits per heavy atom. The second-order valence-electron chi connectivity index (χ2n) is 4.80. The minimum absolute atomic E-state index is 0.120. The van der Waals surface area contributed by atoms with E-state index in [9.17, 15) is 9.59 Å². The van der Waals surface area contributed by atoms with Crippen LogP contribution in [0.2, 0.25) is 5.02 Å². The van der Waals surface area contributed by atoms with Crippen LogP contribution in [0.3, 0.4) is 0 Å². The van der Waals surface area contributed by atoms with E-state index in [1.165, 1.54) is 4.68 Å². The predicted molar refractivity (Wildman–Crippen MR) is 94.4 cm³/mol. The zero-order chi connectivity index (χ0) is 17.5. The Labute approximate surface area is 157 Å². The number of nitrogens with zero attached hydrogens (tertiary/aromatic N) is 2. The molecular formula is C15H14BrCl2N3O3. The third-order valence-electron chi connectivity index (χ3n) is 2.96. The average Bonchev–Trinajstić information content (AvgIpc) is 2.99. The zero-order valence-electron chi connectivity index (χ0n) is 12.5. The lowest BCUT2D eigenvalue weighted by atomic mass is 10.3. The zero-order valence-corrected chi connectivity index (χ0v) is 15.6. The standard InChI is InChI=1S/C15H14BrCl2N3O3/c16-10-3-4-13(11(17)8-10)24-9-21-7-5-12(20-21)15(23)19-6-1-2-14(18)22/h3-5,7-8H,1-2,6,9H2,(H,19,23). The number of nitrogens with one attached hydrogen (secondary N) is 1. The summed E-state index contributed by atoms with van der Waals surface area (Å²) in [5.41, 5.74) is 0.262. The molecule has 0 radical (unpaired) electrons. The first-order valence-corrected chi connectivity index (χ1v) is 8.58. The van der Waals surface area contributed by atoms with Gasteiger partial charge in [-0.3, -0.25) is 9.59 Å². The quantitative estimate of drug-likeness (QED) is 0.508. The van der Waals surface area contributed by atoms with E-state index in [1.54, 1.807) is 24.4 Å². The SMILES string of the molecule is O=C(Cl)CCCNC(=O)c1ccn(COc2ccc(Br)cc2Cl)n1. The molecule has 1 aromatic heterocycles. The summed E-state index contributed by atoms with van der Waals surface area (Å²) in [5, 5.41) is 6.84. The highest BCUT2D eigenvalue weighted by Crippen LogP contribution is 2.27. The molecule has 2 aromatic rings. The van der Waals surface area contributed by atoms with E-state index in [4.69, 9.17) is 27.9 Å². The number of amides is 1. The molecule has 0 bridgehead atoms. The number of rotatable bonds is 8. The molecule has 128 valence electrons. The summed E-state index contributed by atoms with van der Waals surface area (Å²) >= 11 is 14.6. The number of carbonyl (C=O) groups excluding carboxylic acids is 2. The summed E-state index contributed by atoms with van der Waals surface area (Å²) in [7, 11) is 0. The largest absolute Gasteiger partial charge is 0.470 e. The van der Waals surface area contributed by atoms with Crippen LogP contribution in [0.1, 0.15) is 23.3 Å². The second kappa shape index (κ2) is 9.05. The molecule has 0 saturated carbocycles. The van der Waals surface area contributed by atoms with E-state index in [2.05, 4.69) is 26.3 Å². The monoisotopic (exact) mass is 433 g/mol. The Hall–Kier alpha value is -1.57. The highest BCUT2D eigenvalue weighted by atomic mass is 79.9. The van der Waals surface area contributed by atoms with Crippen molar-refractivity contribution >= 4 is 50.3 Å². The molecule has 9 heteroatoms. The number of benzene rings is 1. The molecular weight excluding hydrogens is 421 g/mol. The first kappa shape index (κ1) is 18.8. The van der Waals surface area contributed by atoms with Gasteiger partial charge in [-0.25, -0.2) is 4.68 Å². The highest BCUT2D eigenvalue weighted by molar-refractivity contribution is 9.10. The number of ether oxygens (including phenoxy) is 1. The van der Waals surface area contributed by atoms with Gasteiger partial charge in [-0.15, -0.1) is 0 Å². The lowest BCUT2D eigenvalue weighted by Gasteiger charge is -2.08. The van der Waals surface area contributed by atoms with E-state index >= 15 is 0 Å². The van der Waals surface area contributed by atoms with Crippen LogP contribution in [-0.2, 0) is 11.5 Å². The maximum absolute atomic E-state index is 11.9. The van der Waals surface area contributed by atoms with Crippen LogP contribution in [0.25, 0.3) is 0 Å². The van der Waals surface area contributed by atoms with Gasteiger partial charge in [0.2, 0.25) is 5.24 Å². The van der Waals surface area contributed by atoms with Crippen LogP contribution in [-0.4, -0.2) is 27.5 Å². The molecule has 0 atom stereocenters. The Morgan fingerprint density at radius 2 is 2.12 bits per heavy atom. The lowest BCUT2D eigenvalue weighted by molar-refractivity contribution is -0.111. The number of halogens is 3. The van der Waals surface area contributed by atoms with Crippen molar-refractivity contribution in [1.29, 1.82) is 0 Å². The maximum atomic E-state index is 11.9. The van der Waals surface area contributed by atoms with Crippen molar-refractivity contribution in [3.63, 3.8) is 0 Å². The number of carbonyl (C=O) groups is 2. The van der Waals surface area contributed by atoms with Crippen molar-refractivity contribution in [1.82, 2.24) is 15.1 Å². The van der Waals surface area contributed by atoms with Gasteiger partial charge >= 0.3 is 0 Å². The van der Waals surface area contributed by atoms with Crippen molar-refractivity contribution in [3.8, 4) is 5.75 Å². The van der Waals surface area contributed by atoms with Crippen LogP contribution in [0.5, 0.6) is 5.75 Å². The Balaban J connectivity index is 1.84. The van der Waals surface area contributed by atoms with Gasteiger partial charge < -0.3 is 10.1 Å². The van der Waals surface area contributed by atoms with Crippen molar-refractivity contribution in [2.75, 3.05) is 6.54 Å². The van der Waals surface area contributed by atoms with Crippen LogP contribution in [0.15, 0.2) is 34.9 Å². The molecule has 0 aliphatic carbocycles. The number of hydrogen-bond acceptors (Lipinski definition) is 4. The fourth-order valence-corrected chi connectivity index (χ4v) is 2.66. The van der Waals surface area contributed by atoms with E-state index in [0.717, 1.165) is 4.47 Å². The Morgan fingerprint density at radius 3 is 2.83 bits per heavy atom. The minimum atomic E-state index is -0.419. The number of aromatic nitrogens is 2. The van der Waals surface area contributed by atoms with Gasteiger partial charge in [-0.05, 0) is 42.3 Å². The molecule has 24 heavy (non-hydrogen) atoms. The second-order valence-corrected chi connectivity index (χ2v) is 6.55. The molecule has 0 aliphatic rings. The summed E-state index contributed by atoms with van der Waals surface area (Å²) < 4.78 is 7.90. The Bertz CT molecular complexity index is 737. The average molecular weight is 435 g/mol. The number of hydrogen-bond donors (Lipinski definition) is 1. The Kier molecular flexibility index (Phi) is 7.08. The molecule has 0 fully saturated rings. The third kappa shape index (κ3) is 5.81. The summed E-state index contributed by atoms with van der Waals surface area (Å²) in [6.45, 7) is 0.477. The smallest absolute Gasteiger partial charge is 0.271 e. The van der Waals surface area contributed by atoms with E-state index < -0.39 is 5.24 Å². The van der Waals surface area contributed by atoms with E-state index in [1.807, 2.05) is 6.07 Å². The molecule has 1 heterocycles. The van der Waals surface area contributed by atoms with Crippen molar-refractivity contribution in [2.45, 2.75) is 19.6 Å². The van der Waals surface area contributed by atoms with Crippen molar-refractivity contribution < 1.29 is 14.3 Å². The normalized spacial score (nSPS) is 10.5. The van der Waals surface area contributed by atoms with Gasteiger partial charge in [0.15, 0.2) is 6.73 Å². The molecule has 1 aromatic carbocycles. The van der Waals surface area contributed by atoms with E-state index in [-0.39, 0.29) is 24.8 Å². The fraction of sp³-hybridized carbons (Fsp3) is 0.267. The maximum Gasteiger partial charge on any atom is 0.271 e. The summed E-state index contributed by atoms with van der Waals surface area (Å²) in [6, 6.07) is 6.86. The molecule has 0 aliphatic heterocycles.